The molecule has 2 heterocycles. The molecule has 0 spiro atoms. The highest BCUT2D eigenvalue weighted by Gasteiger charge is 2.22. The molecule has 3 N–H and O–H groups in total. The predicted octanol–water partition coefficient (Wildman–Crippen LogP) is 4.35. The number of nitrogens with one attached hydrogen (secondary N) is 2. The summed E-state index contributed by atoms with van der Waals surface area (Å²) in [6, 6.07) is 3.54. The van der Waals surface area contributed by atoms with Crippen LogP contribution in [-0.2, 0) is 0 Å². The number of ketones is 1. The Labute approximate surface area is 187 Å². The van der Waals surface area contributed by atoms with E-state index in [1.165, 1.54) is 6.20 Å². The van der Waals surface area contributed by atoms with Crippen molar-refractivity contribution in [1.82, 2.24) is 15.0 Å². The SMILES string of the molecule is CC[C@H](F)CNc1ncc(-c2ccc(C(=O)CCCF)cn2)c(NC2CCC(O)CC2)n1. The first-order chi connectivity index (χ1) is 15.5. The number of hydrogen-bond acceptors (Lipinski definition) is 7. The maximum absolute atomic E-state index is 13.6. The van der Waals surface area contributed by atoms with Crippen LogP contribution in [-0.4, -0.2) is 57.4 Å². The second-order valence-electron chi connectivity index (χ2n) is 8.14. The van der Waals surface area contributed by atoms with Crippen LogP contribution in [0.25, 0.3) is 11.3 Å². The van der Waals surface area contributed by atoms with Gasteiger partial charge in [-0.1, -0.05) is 6.92 Å². The lowest BCUT2D eigenvalue weighted by Crippen LogP contribution is -2.29. The van der Waals surface area contributed by atoms with Gasteiger partial charge in [-0.3, -0.25) is 14.2 Å². The maximum Gasteiger partial charge on any atom is 0.224 e. The molecule has 0 aromatic carbocycles. The number of rotatable bonds is 11. The van der Waals surface area contributed by atoms with Gasteiger partial charge in [0.2, 0.25) is 5.95 Å². The number of carbonyl (C=O) groups excluding carboxylic acids is 1. The number of aliphatic hydroxyl groups excluding tert-OH is 1. The van der Waals surface area contributed by atoms with E-state index < -0.39 is 12.8 Å². The van der Waals surface area contributed by atoms with Crippen molar-refractivity contribution in [2.45, 2.75) is 70.2 Å². The molecular formula is C23H31F2N5O2. The molecule has 0 aliphatic heterocycles. The number of aromatic nitrogens is 3. The molecule has 0 unspecified atom stereocenters. The number of Topliss-reactive ketones (excluding diaryl/α,β-unsaturated/α-hetero) is 1. The summed E-state index contributed by atoms with van der Waals surface area (Å²) < 4.78 is 26.0. The molecular weight excluding hydrogens is 416 g/mol. The second kappa shape index (κ2) is 11.8. The van der Waals surface area contributed by atoms with E-state index in [2.05, 4.69) is 25.6 Å². The number of nitrogens with zero attached hydrogens (tertiary/aromatic N) is 3. The molecule has 0 amide bonds. The fourth-order valence-corrected chi connectivity index (χ4v) is 3.61. The maximum atomic E-state index is 13.6. The molecule has 1 atom stereocenters. The number of anilines is 2. The minimum absolute atomic E-state index is 0.124. The highest BCUT2D eigenvalue weighted by atomic mass is 19.1. The summed E-state index contributed by atoms with van der Waals surface area (Å²) in [5, 5.41) is 16.1. The summed E-state index contributed by atoms with van der Waals surface area (Å²) in [6.07, 6.45) is 5.66. The van der Waals surface area contributed by atoms with E-state index in [4.69, 9.17) is 0 Å². The number of carbonyl (C=O) groups is 1. The summed E-state index contributed by atoms with van der Waals surface area (Å²) in [5.74, 6) is 0.745. The zero-order chi connectivity index (χ0) is 22.9. The van der Waals surface area contributed by atoms with Crippen LogP contribution in [0, 0.1) is 0 Å². The number of hydrogen-bond donors (Lipinski definition) is 3. The predicted molar refractivity (Wildman–Crippen MR) is 120 cm³/mol. The first-order valence-corrected chi connectivity index (χ1v) is 11.2. The molecule has 0 bridgehead atoms. The van der Waals surface area contributed by atoms with Gasteiger partial charge in [-0.2, -0.15) is 4.98 Å². The molecule has 174 valence electrons. The molecule has 3 rings (SSSR count). The average molecular weight is 448 g/mol. The Hall–Kier alpha value is -2.68. The largest absolute Gasteiger partial charge is 0.393 e. The van der Waals surface area contributed by atoms with Gasteiger partial charge in [0.1, 0.15) is 12.0 Å². The zero-order valence-corrected chi connectivity index (χ0v) is 18.4. The minimum atomic E-state index is -0.987. The Morgan fingerprint density at radius 3 is 2.66 bits per heavy atom. The van der Waals surface area contributed by atoms with Crippen LogP contribution in [0.4, 0.5) is 20.5 Å². The molecule has 1 saturated carbocycles. The number of alkyl halides is 2. The third kappa shape index (κ3) is 6.66. The van der Waals surface area contributed by atoms with Crippen LogP contribution in [0.1, 0.15) is 62.2 Å². The van der Waals surface area contributed by atoms with Gasteiger partial charge in [0.25, 0.3) is 0 Å². The number of aliphatic hydroxyl groups is 1. The van der Waals surface area contributed by atoms with E-state index in [1.54, 1.807) is 25.3 Å². The normalized spacial score (nSPS) is 19.4. The van der Waals surface area contributed by atoms with Gasteiger partial charge in [-0.15, -0.1) is 0 Å². The van der Waals surface area contributed by atoms with Crippen molar-refractivity contribution in [2.75, 3.05) is 23.9 Å². The van der Waals surface area contributed by atoms with Gasteiger partial charge in [0, 0.05) is 37.0 Å². The quantitative estimate of drug-likeness (QED) is 0.441. The van der Waals surface area contributed by atoms with Gasteiger partial charge >= 0.3 is 0 Å². The fourth-order valence-electron chi connectivity index (χ4n) is 3.61. The lowest BCUT2D eigenvalue weighted by molar-refractivity contribution is 0.0976. The molecule has 1 aliphatic rings. The van der Waals surface area contributed by atoms with Crippen LogP contribution in [0.5, 0.6) is 0 Å². The van der Waals surface area contributed by atoms with Crippen molar-refractivity contribution in [1.29, 1.82) is 0 Å². The van der Waals surface area contributed by atoms with E-state index in [0.29, 0.717) is 35.0 Å². The lowest BCUT2D eigenvalue weighted by Gasteiger charge is -2.27. The Morgan fingerprint density at radius 1 is 1.22 bits per heavy atom. The van der Waals surface area contributed by atoms with Gasteiger partial charge in [0.05, 0.1) is 24.0 Å². The van der Waals surface area contributed by atoms with E-state index >= 15 is 0 Å². The van der Waals surface area contributed by atoms with Crippen LogP contribution < -0.4 is 10.6 Å². The molecule has 2 aromatic rings. The summed E-state index contributed by atoms with van der Waals surface area (Å²) in [4.78, 5) is 25.4. The van der Waals surface area contributed by atoms with E-state index in [0.717, 1.165) is 25.7 Å². The van der Waals surface area contributed by atoms with E-state index in [9.17, 15) is 18.7 Å². The van der Waals surface area contributed by atoms with E-state index in [1.807, 2.05) is 0 Å². The Balaban J connectivity index is 1.82. The first-order valence-electron chi connectivity index (χ1n) is 11.2. The Bertz CT molecular complexity index is 873. The van der Waals surface area contributed by atoms with Gasteiger partial charge < -0.3 is 15.7 Å². The van der Waals surface area contributed by atoms with Gasteiger partial charge in [0.15, 0.2) is 5.78 Å². The summed E-state index contributed by atoms with van der Waals surface area (Å²) in [6.45, 7) is 1.38. The van der Waals surface area contributed by atoms with E-state index in [-0.39, 0.29) is 37.3 Å². The molecule has 9 heteroatoms. The average Bonchev–Trinajstić information content (AvgIpc) is 2.82. The molecule has 7 nitrogen and oxygen atoms in total. The summed E-state index contributed by atoms with van der Waals surface area (Å²) >= 11 is 0. The number of halogens is 2. The zero-order valence-electron chi connectivity index (χ0n) is 18.4. The van der Waals surface area contributed by atoms with Gasteiger partial charge in [-0.25, -0.2) is 9.37 Å². The molecule has 0 radical (unpaired) electrons. The first kappa shape index (κ1) is 24.0. The molecule has 1 fully saturated rings. The van der Waals surface area contributed by atoms with Crippen molar-refractivity contribution in [3.05, 3.63) is 30.1 Å². The highest BCUT2D eigenvalue weighted by Crippen LogP contribution is 2.29. The lowest BCUT2D eigenvalue weighted by atomic mass is 9.93. The highest BCUT2D eigenvalue weighted by molar-refractivity contribution is 5.96. The van der Waals surface area contributed by atoms with Crippen molar-refractivity contribution in [3.63, 3.8) is 0 Å². The van der Waals surface area contributed by atoms with Crippen molar-refractivity contribution >= 4 is 17.5 Å². The molecule has 0 saturated heterocycles. The van der Waals surface area contributed by atoms with Crippen LogP contribution in [0.3, 0.4) is 0 Å². The standard InChI is InChI=1S/C23H31F2N5O2/c1-2-16(25)13-27-23-28-14-19(22(30-23)29-17-6-8-18(31)9-7-17)20-10-5-15(12-26-20)21(32)4-3-11-24/h5,10,12,14,16-18,31H,2-4,6-9,11,13H2,1H3,(H2,27,28,29,30)/t16-,17?,18?/m0/s1. The van der Waals surface area contributed by atoms with Crippen molar-refractivity contribution < 1.29 is 18.7 Å². The third-order valence-corrected chi connectivity index (χ3v) is 5.65. The van der Waals surface area contributed by atoms with Crippen molar-refractivity contribution in [3.8, 4) is 11.3 Å². The Kier molecular flexibility index (Phi) is 8.84. The fraction of sp³-hybridized carbons (Fsp3) is 0.565. The number of pyridine rings is 1. The van der Waals surface area contributed by atoms with Gasteiger partial charge in [-0.05, 0) is 50.7 Å². The molecule has 2 aromatic heterocycles. The summed E-state index contributed by atoms with van der Waals surface area (Å²) in [7, 11) is 0. The topological polar surface area (TPSA) is 100 Å². The van der Waals surface area contributed by atoms with Crippen molar-refractivity contribution in [2.24, 2.45) is 0 Å². The molecule has 1 aliphatic carbocycles. The monoisotopic (exact) mass is 447 g/mol. The minimum Gasteiger partial charge on any atom is -0.393 e. The summed E-state index contributed by atoms with van der Waals surface area (Å²) in [5.41, 5.74) is 1.69. The second-order valence-corrected chi connectivity index (χ2v) is 8.14. The molecule has 32 heavy (non-hydrogen) atoms. The van der Waals surface area contributed by atoms with Crippen LogP contribution in [0.2, 0.25) is 0 Å². The van der Waals surface area contributed by atoms with Crippen LogP contribution >= 0.6 is 0 Å². The smallest absolute Gasteiger partial charge is 0.224 e. The van der Waals surface area contributed by atoms with Crippen LogP contribution in [0.15, 0.2) is 24.5 Å². The Morgan fingerprint density at radius 2 is 2.00 bits per heavy atom. The third-order valence-electron chi connectivity index (χ3n) is 5.65.